The molecule has 130 valence electrons. The van der Waals surface area contributed by atoms with Gasteiger partial charge in [-0.15, -0.1) is 0 Å². The summed E-state index contributed by atoms with van der Waals surface area (Å²) >= 11 is 3.45. The van der Waals surface area contributed by atoms with Gasteiger partial charge in [0.25, 0.3) is 0 Å². The zero-order valence-corrected chi connectivity index (χ0v) is 15.8. The number of allylic oxidation sites excluding steroid dienone is 1. The van der Waals surface area contributed by atoms with Crippen molar-refractivity contribution < 1.29 is 13.9 Å². The third-order valence-electron chi connectivity index (χ3n) is 3.20. The van der Waals surface area contributed by atoms with Crippen molar-refractivity contribution in [1.82, 2.24) is 14.9 Å². The number of hydrogen-bond acceptors (Lipinski definition) is 3. The molecule has 0 aliphatic rings. The molecule has 0 saturated heterocycles. The fourth-order valence-corrected chi connectivity index (χ4v) is 2.65. The second-order valence-electron chi connectivity index (χ2n) is 6.39. The van der Waals surface area contributed by atoms with Crippen LogP contribution in [-0.4, -0.2) is 27.8 Å². The van der Waals surface area contributed by atoms with Gasteiger partial charge >= 0.3 is 6.09 Å². The largest absolute Gasteiger partial charge is 0.444 e. The van der Waals surface area contributed by atoms with Crippen LogP contribution in [0.25, 0.3) is 11.0 Å². The average molecular weight is 398 g/mol. The Morgan fingerprint density at radius 3 is 2.83 bits per heavy atom. The quantitative estimate of drug-likeness (QED) is 0.826. The zero-order valence-electron chi connectivity index (χ0n) is 14.2. The Hall–Kier alpha value is -1.89. The molecule has 0 fully saturated rings. The van der Waals surface area contributed by atoms with Crippen LogP contribution in [0.2, 0.25) is 0 Å². The lowest BCUT2D eigenvalue weighted by molar-refractivity contribution is 0.0534. The molecular formula is C17H21BrFN3O2. The molecule has 24 heavy (non-hydrogen) atoms. The first-order chi connectivity index (χ1) is 11.2. The first kappa shape index (κ1) is 18.4. The highest BCUT2D eigenvalue weighted by atomic mass is 79.9. The molecule has 7 heteroatoms. The topological polar surface area (TPSA) is 56.2 Å². The molecule has 0 radical (unpaired) electrons. The molecule has 0 aliphatic heterocycles. The molecule has 1 aromatic heterocycles. The molecule has 1 amide bonds. The van der Waals surface area contributed by atoms with Crippen molar-refractivity contribution in [3.8, 4) is 0 Å². The minimum Gasteiger partial charge on any atom is -0.444 e. The summed E-state index contributed by atoms with van der Waals surface area (Å²) in [6.45, 7) is 7.28. The number of aryl methyl sites for hydroxylation is 1. The number of carbonyl (C=O) groups is 1. The number of para-hydroxylation sites is 1. The van der Waals surface area contributed by atoms with Gasteiger partial charge in [0, 0.05) is 11.0 Å². The molecule has 0 unspecified atom stereocenters. The predicted octanol–water partition coefficient (Wildman–Crippen LogP) is 4.49. The number of rotatable bonds is 4. The zero-order chi connectivity index (χ0) is 17.9. The fourth-order valence-electron chi connectivity index (χ4n) is 2.20. The molecular weight excluding hydrogens is 377 g/mol. The van der Waals surface area contributed by atoms with E-state index in [0.29, 0.717) is 0 Å². The van der Waals surface area contributed by atoms with Crippen LogP contribution in [0.3, 0.4) is 0 Å². The predicted molar refractivity (Wildman–Crippen MR) is 95.6 cm³/mol. The normalized spacial score (nSPS) is 12.5. The van der Waals surface area contributed by atoms with Gasteiger partial charge < -0.3 is 14.6 Å². The van der Waals surface area contributed by atoms with Gasteiger partial charge in [-0.2, -0.15) is 0 Å². The Morgan fingerprint density at radius 1 is 1.46 bits per heavy atom. The van der Waals surface area contributed by atoms with Crippen LogP contribution < -0.4 is 5.32 Å². The number of carbonyl (C=O) groups excluding carboxylic acids is 1. The molecule has 1 N–H and O–H groups in total. The smallest absolute Gasteiger partial charge is 0.407 e. The van der Waals surface area contributed by atoms with E-state index in [0.717, 1.165) is 21.3 Å². The van der Waals surface area contributed by atoms with E-state index < -0.39 is 11.7 Å². The van der Waals surface area contributed by atoms with Crippen LogP contribution in [0.5, 0.6) is 0 Å². The summed E-state index contributed by atoms with van der Waals surface area (Å²) in [6, 6.07) is 5.68. The van der Waals surface area contributed by atoms with Crippen molar-refractivity contribution in [2.24, 2.45) is 0 Å². The number of fused-ring (bicyclic) bond motifs is 1. The highest BCUT2D eigenvalue weighted by molar-refractivity contribution is 9.10. The van der Waals surface area contributed by atoms with Crippen LogP contribution in [0, 0.1) is 6.92 Å². The number of amides is 1. The minimum absolute atomic E-state index is 0.0643. The highest BCUT2D eigenvalue weighted by Crippen LogP contribution is 2.24. The number of ether oxygens (including phenoxy) is 1. The van der Waals surface area contributed by atoms with Crippen molar-refractivity contribution in [2.75, 3.05) is 6.54 Å². The van der Waals surface area contributed by atoms with Gasteiger partial charge in [-0.1, -0.05) is 6.07 Å². The summed E-state index contributed by atoms with van der Waals surface area (Å²) in [5.41, 5.74) is 1.08. The molecule has 2 rings (SSSR count). The number of nitrogens with zero attached hydrogens (tertiary/aromatic N) is 2. The number of nitrogens with one attached hydrogen (secondary N) is 1. The Bertz CT molecular complexity index is 778. The molecule has 1 aromatic carbocycles. The first-order valence-corrected chi connectivity index (χ1v) is 8.39. The molecule has 0 atom stereocenters. The minimum atomic E-state index is -0.577. The lowest BCUT2D eigenvalue weighted by Crippen LogP contribution is -2.32. The summed E-state index contributed by atoms with van der Waals surface area (Å²) in [6.07, 6.45) is 0.757. The molecule has 0 saturated carbocycles. The summed E-state index contributed by atoms with van der Waals surface area (Å²) in [7, 11) is 0. The van der Waals surface area contributed by atoms with E-state index in [9.17, 15) is 9.18 Å². The third kappa shape index (κ3) is 4.80. The van der Waals surface area contributed by atoms with Gasteiger partial charge in [0.15, 0.2) is 0 Å². The maximum atomic E-state index is 14.2. The standard InChI is InChI=1S/C17H21BrFN3O2/c1-11-21-15-13(18)6-5-7-14(15)22(11)10-12(19)8-9-20-16(23)24-17(2,3)4/h5-8H,9-10H2,1-4H3,(H,20,23)/b12-8-. The molecule has 0 bridgehead atoms. The molecule has 1 heterocycles. The van der Waals surface area contributed by atoms with Gasteiger partial charge in [-0.3, -0.25) is 0 Å². The van der Waals surface area contributed by atoms with E-state index in [4.69, 9.17) is 4.74 Å². The van der Waals surface area contributed by atoms with E-state index in [1.54, 1.807) is 25.3 Å². The molecule has 0 aliphatic carbocycles. The van der Waals surface area contributed by atoms with Crippen molar-refractivity contribution in [3.63, 3.8) is 0 Å². The van der Waals surface area contributed by atoms with Crippen molar-refractivity contribution in [2.45, 2.75) is 39.8 Å². The van der Waals surface area contributed by atoms with Crippen LogP contribution in [0.1, 0.15) is 26.6 Å². The number of benzene rings is 1. The van der Waals surface area contributed by atoms with Crippen LogP contribution >= 0.6 is 15.9 Å². The van der Waals surface area contributed by atoms with Crippen molar-refractivity contribution >= 4 is 33.1 Å². The maximum absolute atomic E-state index is 14.2. The molecule has 0 spiro atoms. The number of halogens is 2. The van der Waals surface area contributed by atoms with Gasteiger partial charge in [0.2, 0.25) is 0 Å². The van der Waals surface area contributed by atoms with E-state index >= 15 is 0 Å². The average Bonchev–Trinajstić information content (AvgIpc) is 2.75. The Balaban J connectivity index is 2.02. The number of hydrogen-bond donors (Lipinski definition) is 1. The lowest BCUT2D eigenvalue weighted by Gasteiger charge is -2.19. The highest BCUT2D eigenvalue weighted by Gasteiger charge is 2.15. The second-order valence-corrected chi connectivity index (χ2v) is 7.24. The Kier molecular flexibility index (Phi) is 5.64. The van der Waals surface area contributed by atoms with E-state index in [2.05, 4.69) is 26.2 Å². The van der Waals surface area contributed by atoms with Gasteiger partial charge in [0.05, 0.1) is 12.1 Å². The summed E-state index contributed by atoms with van der Waals surface area (Å²) < 4.78 is 21.9. The first-order valence-electron chi connectivity index (χ1n) is 7.60. The van der Waals surface area contributed by atoms with Crippen LogP contribution in [-0.2, 0) is 11.3 Å². The van der Waals surface area contributed by atoms with Crippen LogP contribution in [0.15, 0.2) is 34.6 Å². The SMILES string of the molecule is Cc1nc2c(Br)cccc2n1C/C(F)=C/CNC(=O)OC(C)(C)C. The van der Waals surface area contributed by atoms with Gasteiger partial charge in [-0.25, -0.2) is 14.2 Å². The van der Waals surface area contributed by atoms with E-state index in [1.165, 1.54) is 6.08 Å². The van der Waals surface area contributed by atoms with Crippen LogP contribution in [0.4, 0.5) is 9.18 Å². The molecule has 2 aromatic rings. The Labute approximate surface area is 149 Å². The van der Waals surface area contributed by atoms with Crippen molar-refractivity contribution in [3.05, 3.63) is 40.4 Å². The summed E-state index contributed by atoms with van der Waals surface area (Å²) in [5.74, 6) is 0.369. The van der Waals surface area contributed by atoms with Gasteiger partial charge in [0.1, 0.15) is 22.8 Å². The number of imidazole rings is 1. The number of aromatic nitrogens is 2. The maximum Gasteiger partial charge on any atom is 0.407 e. The van der Waals surface area contributed by atoms with E-state index in [1.807, 2.05) is 25.1 Å². The third-order valence-corrected chi connectivity index (χ3v) is 3.84. The summed E-state index contributed by atoms with van der Waals surface area (Å²) in [5, 5.41) is 2.50. The monoisotopic (exact) mass is 397 g/mol. The summed E-state index contributed by atoms with van der Waals surface area (Å²) in [4.78, 5) is 16.0. The fraction of sp³-hybridized carbons (Fsp3) is 0.412. The number of alkyl carbamates (subject to hydrolysis) is 1. The Morgan fingerprint density at radius 2 is 2.17 bits per heavy atom. The van der Waals surface area contributed by atoms with E-state index in [-0.39, 0.29) is 18.9 Å². The lowest BCUT2D eigenvalue weighted by atomic mass is 10.2. The van der Waals surface area contributed by atoms with Gasteiger partial charge in [-0.05, 0) is 61.8 Å². The molecule has 5 nitrogen and oxygen atoms in total. The van der Waals surface area contributed by atoms with Crippen molar-refractivity contribution in [1.29, 1.82) is 0 Å². The second kappa shape index (κ2) is 7.34.